The first-order valence-corrected chi connectivity index (χ1v) is 50.3. The first-order valence-electron chi connectivity index (χ1n) is 43.9. The fraction of sp³-hybridized carbons (Fsp3) is 0.573. The fourth-order valence-electron chi connectivity index (χ4n) is 17.0. The summed E-state index contributed by atoms with van der Waals surface area (Å²) in [4.78, 5) is 189. The van der Waals surface area contributed by atoms with Crippen molar-refractivity contribution in [2.24, 2.45) is 23.7 Å². The van der Waals surface area contributed by atoms with Crippen LogP contribution in [0.25, 0.3) is 0 Å². The monoisotopic (exact) mass is 1900 g/mol. The number of hydrogen-bond donors (Lipinski definition) is 8. The van der Waals surface area contributed by atoms with Crippen LogP contribution in [-0.2, 0) is 100 Å². The van der Waals surface area contributed by atoms with Crippen molar-refractivity contribution in [2.75, 3.05) is 116 Å². The smallest absolute Gasteiger partial charge is 0.333 e. The molecule has 0 spiro atoms. The van der Waals surface area contributed by atoms with Crippen molar-refractivity contribution in [3.8, 4) is 5.75 Å². The summed E-state index contributed by atoms with van der Waals surface area (Å²) in [6.45, 7) is 19.6. The number of hydrogen-bond acceptors (Lipinski definition) is 29. The van der Waals surface area contributed by atoms with Crippen molar-refractivity contribution in [2.45, 2.75) is 191 Å². The largest absolute Gasteiger partial charge is 0.748 e. The van der Waals surface area contributed by atoms with Gasteiger partial charge in [0.2, 0.25) is 41.3 Å². The van der Waals surface area contributed by atoms with E-state index in [0.717, 1.165) is 68.0 Å². The van der Waals surface area contributed by atoms with Gasteiger partial charge in [0.05, 0.1) is 88.3 Å². The number of sulfone groups is 1. The molecule has 12 rings (SSSR count). The predicted molar refractivity (Wildman–Crippen MR) is 481 cm³/mol. The van der Waals surface area contributed by atoms with Crippen LogP contribution in [0.5, 0.6) is 5.75 Å². The van der Waals surface area contributed by atoms with E-state index in [9.17, 15) is 61.8 Å². The highest BCUT2D eigenvalue weighted by Crippen LogP contribution is 2.36. The number of carbonyl (C=O) groups excluding carboxylic acids is 12. The fourth-order valence-corrected chi connectivity index (χ4v) is 20.7. The number of carbonyl (C=O) groups is 12. The first kappa shape index (κ1) is 106. The SMILES string of the molecule is CC[C@@H]1NC(=O)[C@@H](NC(=O)c2ncccc2O)[C@H](C)OC(=O)[C@H](c2ccccc2)NC(=O)[C@@H]2CC(=O)[C@H](CS[C@@H]3C[NH+]4CCC3CC4)CN2C(=O)[C@H](Cc2ccc(N(C)C)cc2)N(C)C(=O)[C@@H]2CCCN2C1=O.CC[NH+](CC)CCS(=O)(=O)[C@@H]1CCN2C(=O)c3coc(n3)CC(=O)C[C@H](O)/C=C(C)/C=C/CNC(=O)/C=C/[C@@H](C)[C@@H](C(C)C)OC(=O)[C@@H]12.CS(=O)(=O)[O-].CS(=O)(=O)[O-]. The highest BCUT2D eigenvalue weighted by atomic mass is 32.2. The molecule has 8 aliphatic heterocycles. The van der Waals surface area contributed by atoms with Crippen LogP contribution in [0.2, 0.25) is 0 Å². The Balaban J connectivity index is 0.000000314. The number of pyridine rings is 1. The number of fused-ring (bicyclic) bond motifs is 8. The maximum absolute atomic E-state index is 15.7. The summed E-state index contributed by atoms with van der Waals surface area (Å²) in [5.74, 6) is -8.92. The number of cyclic esters (lactones) is 2. The summed E-state index contributed by atoms with van der Waals surface area (Å²) in [7, 11) is -6.35. The zero-order chi connectivity index (χ0) is 96.7. The van der Waals surface area contributed by atoms with E-state index in [2.05, 4.69) is 31.2 Å². The number of likely N-dealkylation sites (N-methyl/N-ethyl adjacent to an activating group) is 1. The number of ether oxygens (including phenoxy) is 2. The summed E-state index contributed by atoms with van der Waals surface area (Å²) >= 11 is 1.75. The van der Waals surface area contributed by atoms with Crippen molar-refractivity contribution >= 4 is 118 Å². The van der Waals surface area contributed by atoms with Crippen molar-refractivity contribution in [1.82, 2.24) is 50.8 Å². The number of nitrogens with one attached hydrogen (secondary N) is 6. The molecule has 0 saturated carbocycles. The summed E-state index contributed by atoms with van der Waals surface area (Å²) in [5, 5.41) is 30.8. The summed E-state index contributed by atoms with van der Waals surface area (Å²) in [5.41, 5.74) is 2.00. The number of aliphatic hydroxyl groups excluding tert-OH is 1. The van der Waals surface area contributed by atoms with Crippen molar-refractivity contribution in [1.29, 1.82) is 0 Å². The molecule has 2 aromatic heterocycles. The quantitative estimate of drug-likeness (QED) is 0.0512. The maximum Gasteiger partial charge on any atom is 0.333 e. The molecule has 7 saturated heterocycles. The summed E-state index contributed by atoms with van der Waals surface area (Å²) < 4.78 is 99.4. The van der Waals surface area contributed by atoms with Crippen LogP contribution in [0, 0.1) is 23.7 Å². The first-order chi connectivity index (χ1) is 61.7. The molecule has 8 aliphatic rings. The summed E-state index contributed by atoms with van der Waals surface area (Å²) in [6.07, 6.45) is 10.4. The minimum Gasteiger partial charge on any atom is -0.748 e. The molecular weight excluding hydrogens is 1780 g/mol. The van der Waals surface area contributed by atoms with Crippen LogP contribution >= 0.6 is 11.8 Å². The number of aliphatic hydroxyl groups is 1. The molecule has 10 heterocycles. The molecule has 0 unspecified atom stereocenters. The average molecular weight is 1910 g/mol. The van der Waals surface area contributed by atoms with Crippen LogP contribution in [0.1, 0.15) is 151 Å². The van der Waals surface area contributed by atoms with Crippen LogP contribution in [0.4, 0.5) is 5.69 Å². The second kappa shape index (κ2) is 48.4. The Hall–Kier alpha value is -10.3. The molecule has 131 heavy (non-hydrogen) atoms. The number of Topliss-reactive ketones (excluding diaryl/α,β-unsaturated/α-hetero) is 2. The van der Waals surface area contributed by atoms with Gasteiger partial charge < -0.3 is 88.8 Å². The van der Waals surface area contributed by atoms with Crippen molar-refractivity contribution < 1.29 is 126 Å². The molecular formula is C89H125N13O25S4. The number of anilines is 1. The van der Waals surface area contributed by atoms with Crippen molar-refractivity contribution in [3.63, 3.8) is 0 Å². The van der Waals surface area contributed by atoms with Gasteiger partial charge in [-0.05, 0) is 107 Å². The van der Waals surface area contributed by atoms with E-state index < -0.39 is 172 Å². The second-order valence-electron chi connectivity index (χ2n) is 34.5. The van der Waals surface area contributed by atoms with Crippen molar-refractivity contribution in [3.05, 3.63) is 144 Å². The topological polar surface area (TPSA) is 524 Å². The molecule has 38 nitrogen and oxygen atoms in total. The Morgan fingerprint density at radius 2 is 1.45 bits per heavy atom. The van der Waals surface area contributed by atoms with E-state index >= 15 is 14.4 Å². The lowest BCUT2D eigenvalue weighted by Gasteiger charge is -2.43. The number of rotatable bonds is 17. The number of allylic oxidation sites excluding steroid dienone is 2. The molecule has 2 aromatic carbocycles. The highest BCUT2D eigenvalue weighted by molar-refractivity contribution is 8.00. The third kappa shape index (κ3) is 30.9. The lowest BCUT2D eigenvalue weighted by molar-refractivity contribution is -0.915. The lowest BCUT2D eigenvalue weighted by atomic mass is 9.88. The van der Waals surface area contributed by atoms with E-state index in [1.54, 1.807) is 86.0 Å². The van der Waals surface area contributed by atoms with Gasteiger partial charge in [-0.15, -0.1) is 0 Å². The summed E-state index contributed by atoms with van der Waals surface area (Å²) in [6, 6.07) is 8.85. The standard InChI is InChI=1S/C53H67N9O10S.C34H50N4O9S.2CH4O3S/c1-6-37-50(68)61-23-11-14-38(61)51(69)59(5)40(26-32-16-18-36(19-17-32)58(3)4)52(70)62-28-35(30-73-43-29-60-24-20-33(43)21-25-60)42(64)27-39(62)47(65)57-45(34-12-8-7-9-13-34)53(71)72-31(2)44(48(66)55-37)56-49(67)46-41(63)15-10-22-54-46;1-7-37(8-2)16-17-48(44,45)28-13-15-38-31(28)34(43)47-32(22(3)4)24(6)11-12-29(41)35-14-9-10-23(5)18-25(39)19-26(40)20-30-36-27(21-46-30)33(38)42;2*1-5(2,3)4/h7-10,12-13,15-19,22,31,33,35,37-40,43-45,63H,6,11,14,20-21,23-30H2,1-5H3,(H,55,66)(H,56,67)(H,57,65);9-12,18,21-22,24-25,28,31-32,39H,7-8,13-17,19-20H2,1-6H3,(H,35,41);2*1H3,(H,2,3,4)/b;10-9+,12-11+,23-18+;;/t31-,35-,37-,38-,39-,40-,43+,44-,45-;24-,25-,28-,31-,32-;;/m01../s1. The highest BCUT2D eigenvalue weighted by Gasteiger charge is 2.52. The van der Waals surface area contributed by atoms with Crippen LogP contribution in [-0.4, -0.2) is 321 Å². The molecule has 8 amide bonds. The number of quaternary nitrogens is 2. The normalized spacial score (nSPS) is 27.6. The lowest BCUT2D eigenvalue weighted by Crippen LogP contribution is -3.16. The van der Waals surface area contributed by atoms with E-state index in [0.29, 0.717) is 48.0 Å². The number of benzene rings is 2. The molecule has 0 aliphatic carbocycles. The number of esters is 2. The maximum atomic E-state index is 15.7. The third-order valence-corrected chi connectivity index (χ3v) is 27.9. The van der Waals surface area contributed by atoms with Gasteiger partial charge in [0, 0.05) is 121 Å². The average Bonchev–Trinajstić information content (AvgIpc) is 1.48. The molecule has 4 aromatic rings. The van der Waals surface area contributed by atoms with Gasteiger partial charge in [-0.2, -0.15) is 11.8 Å². The van der Waals surface area contributed by atoms with Crippen LogP contribution in [0.3, 0.4) is 0 Å². The number of piperidine rings is 4. The van der Waals surface area contributed by atoms with Gasteiger partial charge in [0.25, 0.3) is 11.8 Å². The van der Waals surface area contributed by atoms with E-state index in [-0.39, 0.29) is 117 Å². The number of amides is 8. The van der Waals surface area contributed by atoms with Gasteiger partial charge in [-0.25, -0.2) is 44.8 Å². The molecule has 0 radical (unpaired) electrons. The molecule has 8 N–H and O–H groups in total. The number of ketones is 2. The Labute approximate surface area is 769 Å². The minimum atomic E-state index is -3.92. The van der Waals surface area contributed by atoms with E-state index in [1.165, 1.54) is 64.1 Å². The van der Waals surface area contributed by atoms with Crippen LogP contribution < -0.4 is 36.0 Å². The van der Waals surface area contributed by atoms with Gasteiger partial charge in [-0.1, -0.05) is 100 Å². The minimum absolute atomic E-state index is 0.0316. The number of aromatic hydroxyl groups is 1. The number of oxazole rings is 1. The Kier molecular flexibility index (Phi) is 39.1. The number of aromatic nitrogens is 2. The molecule has 4 bridgehead atoms. The number of thioether (sulfide) groups is 1. The Morgan fingerprint density at radius 3 is 2.06 bits per heavy atom. The molecule has 720 valence electrons. The third-order valence-electron chi connectivity index (χ3n) is 24.1. The Bertz CT molecular complexity index is 5100. The molecule has 42 heteroatoms. The van der Waals surface area contributed by atoms with Gasteiger partial charge >= 0.3 is 11.9 Å². The Morgan fingerprint density at radius 1 is 0.786 bits per heavy atom. The van der Waals surface area contributed by atoms with E-state index in [4.69, 9.17) is 39.8 Å². The van der Waals surface area contributed by atoms with E-state index in [1.807, 2.05) is 71.0 Å². The second-order valence-corrected chi connectivity index (χ2v) is 41.0. The zero-order valence-corrected chi connectivity index (χ0v) is 79.5. The zero-order valence-electron chi connectivity index (χ0n) is 76.2. The number of nitrogens with zero attached hydrogens (tertiary/aromatic N) is 7. The molecule has 14 atom stereocenters. The van der Waals surface area contributed by atoms with Gasteiger partial charge in [-0.3, -0.25) is 47.9 Å². The predicted octanol–water partition coefficient (Wildman–Crippen LogP) is 0.0814. The van der Waals surface area contributed by atoms with Crippen LogP contribution in [0.15, 0.2) is 120 Å². The molecule has 7 fully saturated rings. The van der Waals surface area contributed by atoms with Gasteiger partial charge in [0.15, 0.2) is 27.3 Å². The van der Waals surface area contributed by atoms with Gasteiger partial charge in [0.1, 0.15) is 72.0 Å².